The Morgan fingerprint density at radius 1 is 1.00 bits per heavy atom. The van der Waals surface area contributed by atoms with Gasteiger partial charge in [0.1, 0.15) is 0 Å². The van der Waals surface area contributed by atoms with E-state index in [2.05, 4.69) is 25.3 Å². The van der Waals surface area contributed by atoms with Gasteiger partial charge in [-0.3, -0.25) is 15.1 Å². The number of anilines is 1. The van der Waals surface area contributed by atoms with E-state index in [0.717, 1.165) is 10.6 Å². The summed E-state index contributed by atoms with van der Waals surface area (Å²) < 4.78 is 0. The molecule has 7 heteroatoms. The summed E-state index contributed by atoms with van der Waals surface area (Å²) in [5.41, 5.74) is 0.821. The van der Waals surface area contributed by atoms with Crippen molar-refractivity contribution in [2.24, 2.45) is 0 Å². The molecule has 0 aromatic carbocycles. The Kier molecular flexibility index (Phi) is 3.42. The molecular weight excluding hydrogens is 274 g/mol. The van der Waals surface area contributed by atoms with Crippen molar-refractivity contribution >= 4 is 22.4 Å². The van der Waals surface area contributed by atoms with Crippen LogP contribution in [0.25, 0.3) is 10.6 Å². The molecule has 0 bridgehead atoms. The highest BCUT2D eigenvalue weighted by Gasteiger charge is 2.11. The number of hydrogen-bond acceptors (Lipinski definition) is 6. The fourth-order valence-electron chi connectivity index (χ4n) is 1.53. The van der Waals surface area contributed by atoms with Crippen LogP contribution in [0.1, 0.15) is 10.6 Å². The van der Waals surface area contributed by atoms with Crippen molar-refractivity contribution in [3.8, 4) is 10.6 Å². The zero-order chi connectivity index (χ0) is 13.8. The third-order valence-corrected chi connectivity index (χ3v) is 3.35. The number of hydrogen-bond donors (Lipinski definition) is 1. The number of nitrogens with zero attached hydrogens (tertiary/aromatic N) is 4. The Labute approximate surface area is 118 Å². The van der Waals surface area contributed by atoms with Crippen LogP contribution in [0.4, 0.5) is 5.13 Å². The highest BCUT2D eigenvalue weighted by molar-refractivity contribution is 7.19. The predicted octanol–water partition coefficient (Wildman–Crippen LogP) is 2.25. The quantitative estimate of drug-likeness (QED) is 0.797. The topological polar surface area (TPSA) is 80.7 Å². The van der Waals surface area contributed by atoms with Gasteiger partial charge < -0.3 is 0 Å². The van der Waals surface area contributed by atoms with Gasteiger partial charge >= 0.3 is 0 Å². The van der Waals surface area contributed by atoms with Crippen LogP contribution in [-0.2, 0) is 0 Å². The summed E-state index contributed by atoms with van der Waals surface area (Å²) in [6.07, 6.45) is 6.42. The molecule has 98 valence electrons. The second-order valence-electron chi connectivity index (χ2n) is 3.77. The molecule has 0 aliphatic heterocycles. The minimum Gasteiger partial charge on any atom is -0.295 e. The molecule has 0 aliphatic carbocycles. The van der Waals surface area contributed by atoms with Gasteiger partial charge in [-0.1, -0.05) is 17.4 Å². The van der Waals surface area contributed by atoms with Crippen molar-refractivity contribution in [3.63, 3.8) is 0 Å². The first-order valence-corrected chi connectivity index (χ1v) is 6.60. The van der Waals surface area contributed by atoms with Crippen molar-refractivity contribution < 1.29 is 4.79 Å². The van der Waals surface area contributed by atoms with Gasteiger partial charge in [0.2, 0.25) is 5.82 Å². The summed E-state index contributed by atoms with van der Waals surface area (Å²) in [5, 5.41) is 3.15. The lowest BCUT2D eigenvalue weighted by Crippen LogP contribution is -2.14. The normalized spacial score (nSPS) is 10.2. The lowest BCUT2D eigenvalue weighted by atomic mass is 10.3. The Hall–Kier alpha value is -2.67. The molecule has 6 nitrogen and oxygen atoms in total. The highest BCUT2D eigenvalue weighted by atomic mass is 32.1. The van der Waals surface area contributed by atoms with Gasteiger partial charge in [-0.05, 0) is 18.2 Å². The molecule has 3 heterocycles. The molecule has 3 aromatic heterocycles. The summed E-state index contributed by atoms with van der Waals surface area (Å²) in [4.78, 5) is 28.9. The third kappa shape index (κ3) is 2.67. The van der Waals surface area contributed by atoms with Crippen molar-refractivity contribution in [2.45, 2.75) is 0 Å². The average Bonchev–Trinajstić information content (AvgIpc) is 2.97. The van der Waals surface area contributed by atoms with Crippen LogP contribution in [0.2, 0.25) is 0 Å². The molecule has 1 N–H and O–H groups in total. The van der Waals surface area contributed by atoms with Crippen LogP contribution < -0.4 is 5.32 Å². The molecule has 3 aromatic rings. The van der Waals surface area contributed by atoms with E-state index in [1.165, 1.54) is 23.7 Å². The lowest BCUT2D eigenvalue weighted by molar-refractivity contribution is 0.101. The van der Waals surface area contributed by atoms with Crippen molar-refractivity contribution in [1.82, 2.24) is 19.9 Å². The lowest BCUT2D eigenvalue weighted by Gasteiger charge is -1.98. The first kappa shape index (κ1) is 12.4. The maximum atomic E-state index is 11.9. The Morgan fingerprint density at radius 2 is 1.80 bits per heavy atom. The molecule has 1 amide bonds. The third-order valence-electron chi connectivity index (χ3n) is 2.41. The number of carbonyl (C=O) groups is 1. The molecule has 20 heavy (non-hydrogen) atoms. The van der Waals surface area contributed by atoms with E-state index >= 15 is 0 Å². The highest BCUT2D eigenvalue weighted by Crippen LogP contribution is 2.27. The van der Waals surface area contributed by atoms with Crippen LogP contribution in [-0.4, -0.2) is 25.8 Å². The summed E-state index contributed by atoms with van der Waals surface area (Å²) in [5.74, 6) is -0.269. The second-order valence-corrected chi connectivity index (χ2v) is 4.80. The van der Waals surface area contributed by atoms with Gasteiger partial charge in [0, 0.05) is 24.8 Å². The number of nitrogens with one attached hydrogen (secondary N) is 1. The van der Waals surface area contributed by atoms with Crippen LogP contribution in [0.15, 0.2) is 49.1 Å². The number of amides is 1. The number of carbonyl (C=O) groups excluding carboxylic acids is 1. The second kappa shape index (κ2) is 5.54. The first-order valence-electron chi connectivity index (χ1n) is 5.78. The van der Waals surface area contributed by atoms with Gasteiger partial charge in [0.25, 0.3) is 5.91 Å². The molecule has 0 saturated carbocycles. The Balaban J connectivity index is 1.77. The Bertz CT molecular complexity index is 714. The van der Waals surface area contributed by atoms with E-state index in [4.69, 9.17) is 0 Å². The van der Waals surface area contributed by atoms with Crippen molar-refractivity contribution in [1.29, 1.82) is 0 Å². The Morgan fingerprint density at radius 3 is 2.55 bits per heavy atom. The molecule has 3 rings (SSSR count). The fraction of sp³-hybridized carbons (Fsp3) is 0. The van der Waals surface area contributed by atoms with E-state index in [-0.39, 0.29) is 11.7 Å². The monoisotopic (exact) mass is 283 g/mol. The van der Waals surface area contributed by atoms with E-state index in [1.54, 1.807) is 18.5 Å². The smallest absolute Gasteiger partial charge is 0.295 e. The van der Waals surface area contributed by atoms with Gasteiger partial charge in [-0.2, -0.15) is 0 Å². The van der Waals surface area contributed by atoms with Gasteiger partial charge in [-0.25, -0.2) is 15.0 Å². The molecule has 0 spiro atoms. The first-order chi connectivity index (χ1) is 9.83. The largest absolute Gasteiger partial charge is 0.295 e. The van der Waals surface area contributed by atoms with Crippen molar-refractivity contribution in [2.75, 3.05) is 5.32 Å². The maximum Gasteiger partial charge on any atom is 0.295 e. The molecule has 0 atom stereocenters. The number of rotatable bonds is 3. The standard InChI is InChI=1S/C13H9N5OS/c19-12(11-15-6-3-7-16-11)18-13-17-8-10(20-13)9-4-1-2-5-14-9/h1-8H,(H,17,18,19). The summed E-state index contributed by atoms with van der Waals surface area (Å²) in [7, 11) is 0. The van der Waals surface area contributed by atoms with Crippen LogP contribution >= 0.6 is 11.3 Å². The van der Waals surface area contributed by atoms with Gasteiger partial charge in [0.15, 0.2) is 5.13 Å². The molecule has 0 saturated heterocycles. The zero-order valence-corrected chi connectivity index (χ0v) is 11.0. The van der Waals surface area contributed by atoms with E-state index in [1.807, 2.05) is 18.2 Å². The van der Waals surface area contributed by atoms with Crippen LogP contribution in [0.5, 0.6) is 0 Å². The SMILES string of the molecule is O=C(Nc1ncc(-c2ccccn2)s1)c1ncccn1. The average molecular weight is 283 g/mol. The summed E-state index contributed by atoms with van der Waals surface area (Å²) >= 11 is 1.35. The predicted molar refractivity (Wildman–Crippen MR) is 75.3 cm³/mol. The maximum absolute atomic E-state index is 11.9. The van der Waals surface area contributed by atoms with E-state index in [0.29, 0.717) is 5.13 Å². The number of thiazole rings is 1. The van der Waals surface area contributed by atoms with Crippen LogP contribution in [0.3, 0.4) is 0 Å². The number of pyridine rings is 1. The molecule has 0 aliphatic rings. The fourth-order valence-corrected chi connectivity index (χ4v) is 2.32. The van der Waals surface area contributed by atoms with E-state index in [9.17, 15) is 4.79 Å². The van der Waals surface area contributed by atoms with Crippen LogP contribution in [0, 0.1) is 0 Å². The zero-order valence-electron chi connectivity index (χ0n) is 10.2. The molecule has 0 radical (unpaired) electrons. The molecule has 0 unspecified atom stereocenters. The van der Waals surface area contributed by atoms with Gasteiger partial charge in [-0.15, -0.1) is 0 Å². The summed E-state index contributed by atoms with van der Waals surface area (Å²) in [6, 6.07) is 7.29. The minimum atomic E-state index is -0.382. The number of aromatic nitrogens is 4. The van der Waals surface area contributed by atoms with Gasteiger partial charge in [0.05, 0.1) is 10.6 Å². The van der Waals surface area contributed by atoms with E-state index < -0.39 is 0 Å². The van der Waals surface area contributed by atoms with Crippen molar-refractivity contribution in [3.05, 3.63) is 54.9 Å². The molecular formula is C13H9N5OS. The molecule has 0 fully saturated rings. The minimum absolute atomic E-state index is 0.113. The summed E-state index contributed by atoms with van der Waals surface area (Å²) in [6.45, 7) is 0.